The fourth-order valence-corrected chi connectivity index (χ4v) is 5.30. The minimum atomic E-state index is -0.937. The van der Waals surface area contributed by atoms with Gasteiger partial charge >= 0.3 is 12.1 Å². The molecule has 5 rings (SSSR count). The van der Waals surface area contributed by atoms with E-state index in [1.54, 1.807) is 11.0 Å². The minimum absolute atomic E-state index is 0.0234. The zero-order valence-corrected chi connectivity index (χ0v) is 19.0. The van der Waals surface area contributed by atoms with Gasteiger partial charge in [-0.1, -0.05) is 54.6 Å². The third-order valence-corrected chi connectivity index (χ3v) is 7.49. The Labute approximate surface area is 198 Å². The highest BCUT2D eigenvalue weighted by Crippen LogP contribution is 2.49. The number of aliphatic carboxylic acids is 1. The molecule has 0 aromatic heterocycles. The van der Waals surface area contributed by atoms with Crippen LogP contribution in [0.4, 0.5) is 4.79 Å². The molecule has 2 fully saturated rings. The maximum Gasteiger partial charge on any atom is 0.407 e. The predicted molar refractivity (Wildman–Crippen MR) is 126 cm³/mol. The first-order chi connectivity index (χ1) is 16.4. The highest BCUT2D eigenvalue weighted by Gasteiger charge is 2.58. The van der Waals surface area contributed by atoms with Crippen LogP contribution in [0, 0.1) is 10.8 Å². The van der Waals surface area contributed by atoms with Crippen molar-refractivity contribution >= 4 is 18.0 Å². The third-order valence-electron chi connectivity index (χ3n) is 7.49. The number of benzene rings is 2. The molecule has 2 N–H and O–H groups in total. The molecular formula is C27H28N2O5. The SMILES string of the molecule is C=CCC1(C(=O)O)CN(C(=O)C2(CNC(=O)OCC3c4ccccc4-c4ccccc43)CC2)C1. The van der Waals surface area contributed by atoms with E-state index < -0.39 is 22.9 Å². The van der Waals surface area contributed by atoms with Crippen molar-refractivity contribution in [2.24, 2.45) is 10.8 Å². The van der Waals surface area contributed by atoms with E-state index in [4.69, 9.17) is 4.74 Å². The summed E-state index contributed by atoms with van der Waals surface area (Å²) in [6.07, 6.45) is 2.72. The van der Waals surface area contributed by atoms with Crippen LogP contribution in [0.1, 0.15) is 36.3 Å². The van der Waals surface area contributed by atoms with Gasteiger partial charge in [0.15, 0.2) is 0 Å². The average molecular weight is 461 g/mol. The van der Waals surface area contributed by atoms with E-state index >= 15 is 0 Å². The van der Waals surface area contributed by atoms with Crippen molar-refractivity contribution in [3.8, 4) is 11.1 Å². The van der Waals surface area contributed by atoms with Crippen LogP contribution in [0.5, 0.6) is 0 Å². The van der Waals surface area contributed by atoms with Crippen LogP contribution in [0.3, 0.4) is 0 Å². The van der Waals surface area contributed by atoms with Gasteiger partial charge in [-0.15, -0.1) is 6.58 Å². The first kappa shape index (κ1) is 22.2. The molecule has 2 aliphatic carbocycles. The lowest BCUT2D eigenvalue weighted by Crippen LogP contribution is -2.63. The van der Waals surface area contributed by atoms with Crippen molar-refractivity contribution in [3.63, 3.8) is 0 Å². The van der Waals surface area contributed by atoms with Crippen LogP contribution >= 0.6 is 0 Å². The maximum absolute atomic E-state index is 13.0. The molecule has 0 unspecified atom stereocenters. The molecule has 1 saturated heterocycles. The second kappa shape index (κ2) is 8.31. The molecule has 2 aromatic carbocycles. The molecule has 1 heterocycles. The molecule has 34 heavy (non-hydrogen) atoms. The number of ether oxygens (including phenoxy) is 1. The Morgan fingerprint density at radius 2 is 1.62 bits per heavy atom. The van der Waals surface area contributed by atoms with Gasteiger partial charge in [0.2, 0.25) is 5.91 Å². The number of hydrogen-bond acceptors (Lipinski definition) is 4. The number of allylic oxidation sites excluding steroid dienone is 1. The smallest absolute Gasteiger partial charge is 0.407 e. The quantitative estimate of drug-likeness (QED) is 0.585. The number of likely N-dealkylation sites (tertiary alicyclic amines) is 1. The van der Waals surface area contributed by atoms with Crippen LogP contribution in [0.25, 0.3) is 11.1 Å². The first-order valence-corrected chi connectivity index (χ1v) is 11.6. The standard InChI is InChI=1S/C27H28N2O5/c1-2-11-27(24(31)32)16-29(17-27)23(30)26(12-13-26)15-28-25(33)34-14-22-20-9-5-3-7-18(20)19-8-4-6-10-21(19)22/h2-10,22H,1,11-17H2,(H,28,33)(H,31,32). The first-order valence-electron chi connectivity index (χ1n) is 11.6. The number of amides is 2. The van der Waals surface area contributed by atoms with Crippen molar-refractivity contribution in [1.29, 1.82) is 0 Å². The van der Waals surface area contributed by atoms with E-state index in [2.05, 4.69) is 36.2 Å². The topological polar surface area (TPSA) is 95.9 Å². The highest BCUT2D eigenvalue weighted by molar-refractivity contribution is 5.89. The Kier molecular flexibility index (Phi) is 5.42. The summed E-state index contributed by atoms with van der Waals surface area (Å²) in [7, 11) is 0. The number of rotatable bonds is 8. The molecule has 7 heteroatoms. The normalized spacial score (nSPS) is 18.8. The van der Waals surface area contributed by atoms with Crippen molar-refractivity contribution in [2.45, 2.75) is 25.2 Å². The van der Waals surface area contributed by atoms with Crippen LogP contribution in [-0.2, 0) is 14.3 Å². The number of hydrogen-bond donors (Lipinski definition) is 2. The Morgan fingerprint density at radius 3 is 2.15 bits per heavy atom. The van der Waals surface area contributed by atoms with E-state index in [1.807, 2.05) is 24.3 Å². The van der Waals surface area contributed by atoms with E-state index in [0.717, 1.165) is 22.3 Å². The summed E-state index contributed by atoms with van der Waals surface area (Å²) in [5.41, 5.74) is 3.03. The van der Waals surface area contributed by atoms with Crippen LogP contribution < -0.4 is 5.32 Å². The molecular weight excluding hydrogens is 432 g/mol. The number of carbonyl (C=O) groups excluding carboxylic acids is 2. The maximum atomic E-state index is 13.0. The molecule has 0 bridgehead atoms. The summed E-state index contributed by atoms with van der Waals surface area (Å²) in [6, 6.07) is 16.3. The number of nitrogens with one attached hydrogen (secondary N) is 1. The van der Waals surface area contributed by atoms with Crippen LogP contribution in [0.15, 0.2) is 61.2 Å². The fourth-order valence-electron chi connectivity index (χ4n) is 5.30. The van der Waals surface area contributed by atoms with E-state index in [-0.39, 0.29) is 38.1 Å². The number of carbonyl (C=O) groups is 3. The second-order valence-corrected chi connectivity index (χ2v) is 9.70. The molecule has 0 spiro atoms. The van der Waals surface area contributed by atoms with Crippen molar-refractivity contribution in [3.05, 3.63) is 72.3 Å². The summed E-state index contributed by atoms with van der Waals surface area (Å²) in [6.45, 7) is 4.41. The van der Waals surface area contributed by atoms with Crippen molar-refractivity contribution in [2.75, 3.05) is 26.2 Å². The molecule has 2 amide bonds. The van der Waals surface area contributed by atoms with Crippen molar-refractivity contribution in [1.82, 2.24) is 10.2 Å². The van der Waals surface area contributed by atoms with Crippen LogP contribution in [0.2, 0.25) is 0 Å². The summed E-state index contributed by atoms with van der Waals surface area (Å²) in [4.78, 5) is 38.7. The molecule has 7 nitrogen and oxygen atoms in total. The number of carboxylic acid groups (broad SMARTS) is 1. The van der Waals surface area contributed by atoms with Gasteiger partial charge in [0.05, 0.1) is 5.41 Å². The van der Waals surface area contributed by atoms with E-state index in [9.17, 15) is 19.5 Å². The van der Waals surface area contributed by atoms with Gasteiger partial charge in [-0.3, -0.25) is 9.59 Å². The molecule has 176 valence electrons. The fraction of sp³-hybridized carbons (Fsp3) is 0.370. The zero-order valence-electron chi connectivity index (χ0n) is 19.0. The molecule has 0 atom stereocenters. The van der Waals surface area contributed by atoms with Gasteiger partial charge in [-0.2, -0.15) is 0 Å². The summed E-state index contributed by atoms with van der Waals surface area (Å²) in [5, 5.41) is 12.3. The van der Waals surface area contributed by atoms with Gasteiger partial charge in [0.25, 0.3) is 0 Å². The van der Waals surface area contributed by atoms with Gasteiger partial charge in [-0.05, 0) is 41.5 Å². The molecule has 1 saturated carbocycles. The Hall–Kier alpha value is -3.61. The Bertz CT molecular complexity index is 1120. The third kappa shape index (κ3) is 3.65. The lowest BCUT2D eigenvalue weighted by molar-refractivity contribution is -0.167. The van der Waals surface area contributed by atoms with Gasteiger partial charge in [0, 0.05) is 25.6 Å². The van der Waals surface area contributed by atoms with Gasteiger partial charge < -0.3 is 20.1 Å². The monoisotopic (exact) mass is 460 g/mol. The minimum Gasteiger partial charge on any atom is -0.481 e. The molecule has 1 aliphatic heterocycles. The zero-order chi connectivity index (χ0) is 23.9. The summed E-state index contributed by atoms with van der Waals surface area (Å²) in [5.74, 6) is -1.02. The highest BCUT2D eigenvalue weighted by atomic mass is 16.5. The number of fused-ring (bicyclic) bond motifs is 3. The lowest BCUT2D eigenvalue weighted by Gasteiger charge is -2.48. The molecule has 3 aliphatic rings. The Morgan fingerprint density at radius 1 is 1.03 bits per heavy atom. The Balaban J connectivity index is 1.16. The largest absolute Gasteiger partial charge is 0.481 e. The van der Waals surface area contributed by atoms with E-state index in [1.165, 1.54) is 0 Å². The predicted octanol–water partition coefficient (Wildman–Crippen LogP) is 3.79. The summed E-state index contributed by atoms with van der Waals surface area (Å²) >= 11 is 0. The number of nitrogens with zero attached hydrogens (tertiary/aromatic N) is 1. The molecule has 2 aromatic rings. The van der Waals surface area contributed by atoms with E-state index in [0.29, 0.717) is 19.3 Å². The molecule has 0 radical (unpaired) electrons. The lowest BCUT2D eigenvalue weighted by atomic mass is 9.76. The van der Waals surface area contributed by atoms with Crippen molar-refractivity contribution < 1.29 is 24.2 Å². The van der Waals surface area contributed by atoms with Crippen LogP contribution in [-0.4, -0.2) is 54.2 Å². The van der Waals surface area contributed by atoms with Gasteiger partial charge in [0.1, 0.15) is 12.0 Å². The second-order valence-electron chi connectivity index (χ2n) is 9.70. The van der Waals surface area contributed by atoms with Gasteiger partial charge in [-0.25, -0.2) is 4.79 Å². The average Bonchev–Trinajstić information content (AvgIpc) is 3.54. The number of alkyl carbamates (subject to hydrolysis) is 1. The summed E-state index contributed by atoms with van der Waals surface area (Å²) < 4.78 is 5.58. The number of carboxylic acids is 1.